The van der Waals surface area contributed by atoms with Crippen molar-refractivity contribution in [1.82, 2.24) is 9.38 Å². The molecule has 0 atom stereocenters. The highest BCUT2D eigenvalue weighted by atomic mass is 15.0. The summed E-state index contributed by atoms with van der Waals surface area (Å²) in [6.07, 6.45) is 4.13. The monoisotopic (exact) mass is 598 g/mol. The predicted octanol–water partition coefficient (Wildman–Crippen LogP) is 12.0. The minimum atomic E-state index is 0.950. The Morgan fingerprint density at radius 3 is 1.32 bits per heavy atom. The molecule has 7 aromatic carbocycles. The van der Waals surface area contributed by atoms with Crippen molar-refractivity contribution >= 4 is 27.2 Å². The van der Waals surface area contributed by atoms with E-state index >= 15 is 0 Å². The Morgan fingerprint density at radius 1 is 0.340 bits per heavy atom. The zero-order chi connectivity index (χ0) is 31.2. The first-order valence-corrected chi connectivity index (χ1v) is 16.0. The third-order valence-electron chi connectivity index (χ3n) is 9.20. The number of fused-ring (bicyclic) bond motifs is 3. The van der Waals surface area contributed by atoms with Gasteiger partial charge in [-0.05, 0) is 96.4 Å². The van der Waals surface area contributed by atoms with Crippen molar-refractivity contribution in [2.45, 2.75) is 0 Å². The van der Waals surface area contributed by atoms with Crippen LogP contribution in [-0.2, 0) is 0 Å². The first kappa shape index (κ1) is 27.1. The lowest BCUT2D eigenvalue weighted by molar-refractivity contribution is 1.19. The van der Waals surface area contributed by atoms with Crippen LogP contribution in [0.1, 0.15) is 0 Å². The molecular weight excluding hydrogens is 569 g/mol. The molecule has 0 aliphatic carbocycles. The first-order chi connectivity index (χ1) is 23.3. The van der Waals surface area contributed by atoms with Crippen LogP contribution in [0.2, 0.25) is 0 Å². The number of hydrogen-bond acceptors (Lipinski definition) is 1. The standard InChI is InChI=1S/C45H30N2/c1-3-13-31(14-4-1)35-27-36(32-15-5-2-6-16-32)29-37(28-35)45-40-19-9-7-17-38(40)44(39-18-8-10-20-41(39)45)34-24-22-33(23-25-34)42-30-47-26-12-11-21-43(47)46-42/h1-30H. The third-order valence-corrected chi connectivity index (χ3v) is 9.20. The summed E-state index contributed by atoms with van der Waals surface area (Å²) in [4.78, 5) is 4.85. The highest BCUT2D eigenvalue weighted by Crippen LogP contribution is 2.45. The van der Waals surface area contributed by atoms with E-state index in [9.17, 15) is 0 Å². The van der Waals surface area contributed by atoms with E-state index in [1.807, 2.05) is 24.4 Å². The van der Waals surface area contributed by atoms with Gasteiger partial charge in [0.2, 0.25) is 0 Å². The number of rotatable bonds is 5. The summed E-state index contributed by atoms with van der Waals surface area (Å²) in [7, 11) is 0. The lowest BCUT2D eigenvalue weighted by atomic mass is 9.84. The molecule has 47 heavy (non-hydrogen) atoms. The average molecular weight is 599 g/mol. The smallest absolute Gasteiger partial charge is 0.137 e. The maximum absolute atomic E-state index is 4.85. The van der Waals surface area contributed by atoms with Crippen LogP contribution in [-0.4, -0.2) is 9.38 Å². The van der Waals surface area contributed by atoms with Gasteiger partial charge in [0.15, 0.2) is 0 Å². The van der Waals surface area contributed by atoms with Crippen molar-refractivity contribution in [3.8, 4) is 55.8 Å². The molecule has 9 rings (SSSR count). The fourth-order valence-corrected chi connectivity index (χ4v) is 7.00. The number of imidazole rings is 1. The predicted molar refractivity (Wildman–Crippen MR) is 197 cm³/mol. The number of nitrogens with zero attached hydrogens (tertiary/aromatic N) is 2. The SMILES string of the molecule is c1ccc(-c2cc(-c3ccccc3)cc(-c3c4ccccc4c(-c4ccc(-c5cn6ccccc6n5)cc4)c4ccccc34)c2)cc1. The maximum atomic E-state index is 4.85. The van der Waals surface area contributed by atoms with E-state index in [0.717, 1.165) is 16.9 Å². The van der Waals surface area contributed by atoms with E-state index < -0.39 is 0 Å². The van der Waals surface area contributed by atoms with Crippen molar-refractivity contribution in [1.29, 1.82) is 0 Å². The van der Waals surface area contributed by atoms with Gasteiger partial charge in [-0.2, -0.15) is 0 Å². The molecule has 0 saturated heterocycles. The van der Waals surface area contributed by atoms with Crippen molar-refractivity contribution in [2.24, 2.45) is 0 Å². The molecule has 220 valence electrons. The average Bonchev–Trinajstić information content (AvgIpc) is 3.59. The zero-order valence-corrected chi connectivity index (χ0v) is 25.7. The van der Waals surface area contributed by atoms with Crippen LogP contribution in [0, 0.1) is 0 Å². The number of pyridine rings is 1. The van der Waals surface area contributed by atoms with Crippen molar-refractivity contribution in [2.75, 3.05) is 0 Å². The van der Waals surface area contributed by atoms with Gasteiger partial charge >= 0.3 is 0 Å². The van der Waals surface area contributed by atoms with E-state index in [0.29, 0.717) is 0 Å². The Balaban J connectivity index is 1.27. The molecular formula is C45H30N2. The Labute approximate surface area is 273 Å². The van der Waals surface area contributed by atoms with Crippen LogP contribution < -0.4 is 0 Å². The largest absolute Gasteiger partial charge is 0.306 e. The van der Waals surface area contributed by atoms with E-state index in [-0.39, 0.29) is 0 Å². The quantitative estimate of drug-likeness (QED) is 0.180. The second-order valence-electron chi connectivity index (χ2n) is 12.0. The summed E-state index contributed by atoms with van der Waals surface area (Å²) >= 11 is 0. The van der Waals surface area contributed by atoms with Crippen molar-refractivity contribution in [3.63, 3.8) is 0 Å². The third kappa shape index (κ3) is 4.79. The van der Waals surface area contributed by atoms with E-state index in [2.05, 4.69) is 162 Å². The first-order valence-electron chi connectivity index (χ1n) is 16.0. The van der Waals surface area contributed by atoms with Crippen LogP contribution >= 0.6 is 0 Å². The molecule has 9 aromatic rings. The molecule has 0 amide bonds. The van der Waals surface area contributed by atoms with Gasteiger partial charge in [-0.3, -0.25) is 0 Å². The summed E-state index contributed by atoms with van der Waals surface area (Å²) in [6, 6.07) is 61.2. The van der Waals surface area contributed by atoms with Gasteiger partial charge in [-0.25, -0.2) is 4.98 Å². The number of benzene rings is 7. The maximum Gasteiger partial charge on any atom is 0.137 e. The topological polar surface area (TPSA) is 17.3 Å². The van der Waals surface area contributed by atoms with E-state index in [1.54, 1.807) is 0 Å². The summed E-state index contributed by atoms with van der Waals surface area (Å²) in [5.41, 5.74) is 12.8. The van der Waals surface area contributed by atoms with Gasteiger partial charge in [0, 0.05) is 18.0 Å². The second kappa shape index (κ2) is 11.3. The molecule has 0 aliphatic heterocycles. The fraction of sp³-hybridized carbons (Fsp3) is 0. The van der Waals surface area contributed by atoms with Crippen molar-refractivity contribution in [3.05, 3.63) is 182 Å². The summed E-state index contributed by atoms with van der Waals surface area (Å²) in [5.74, 6) is 0. The molecule has 0 spiro atoms. The normalized spacial score (nSPS) is 11.4. The molecule has 2 heterocycles. The number of hydrogen-bond donors (Lipinski definition) is 0. The van der Waals surface area contributed by atoms with Crippen LogP contribution in [0.15, 0.2) is 182 Å². The molecule has 0 radical (unpaired) electrons. The molecule has 2 nitrogen and oxygen atoms in total. The minimum absolute atomic E-state index is 0.950. The van der Waals surface area contributed by atoms with Gasteiger partial charge < -0.3 is 4.40 Å². The van der Waals surface area contributed by atoms with Crippen LogP contribution in [0.3, 0.4) is 0 Å². The summed E-state index contributed by atoms with van der Waals surface area (Å²) in [6.45, 7) is 0. The Bertz CT molecular complexity index is 2400. The molecule has 0 bridgehead atoms. The highest BCUT2D eigenvalue weighted by molar-refractivity contribution is 6.21. The van der Waals surface area contributed by atoms with Crippen LogP contribution in [0.25, 0.3) is 83.0 Å². The fourth-order valence-electron chi connectivity index (χ4n) is 7.00. The van der Waals surface area contributed by atoms with Gasteiger partial charge in [0.1, 0.15) is 5.65 Å². The van der Waals surface area contributed by atoms with Crippen molar-refractivity contribution < 1.29 is 0 Å². The molecule has 2 aromatic heterocycles. The second-order valence-corrected chi connectivity index (χ2v) is 12.0. The Hall–Kier alpha value is -6.25. The molecule has 2 heteroatoms. The van der Waals surface area contributed by atoms with Gasteiger partial charge in [0.25, 0.3) is 0 Å². The number of aromatic nitrogens is 2. The van der Waals surface area contributed by atoms with Gasteiger partial charge in [-0.1, -0.05) is 140 Å². The highest BCUT2D eigenvalue weighted by Gasteiger charge is 2.18. The summed E-state index contributed by atoms with van der Waals surface area (Å²) < 4.78 is 2.07. The lowest BCUT2D eigenvalue weighted by Gasteiger charge is -2.19. The molecule has 0 N–H and O–H groups in total. The van der Waals surface area contributed by atoms with Crippen LogP contribution in [0.4, 0.5) is 0 Å². The van der Waals surface area contributed by atoms with Crippen LogP contribution in [0.5, 0.6) is 0 Å². The molecule has 0 aliphatic rings. The van der Waals surface area contributed by atoms with E-state index in [1.165, 1.54) is 66.1 Å². The Morgan fingerprint density at radius 2 is 0.787 bits per heavy atom. The molecule has 0 fully saturated rings. The van der Waals surface area contributed by atoms with Gasteiger partial charge in [0.05, 0.1) is 5.69 Å². The minimum Gasteiger partial charge on any atom is -0.306 e. The van der Waals surface area contributed by atoms with Gasteiger partial charge in [-0.15, -0.1) is 0 Å². The van der Waals surface area contributed by atoms with E-state index in [4.69, 9.17) is 4.98 Å². The Kier molecular flexibility index (Phi) is 6.50. The molecule has 0 saturated carbocycles. The lowest BCUT2D eigenvalue weighted by Crippen LogP contribution is -1.92. The zero-order valence-electron chi connectivity index (χ0n) is 25.7. The molecule has 0 unspecified atom stereocenters. The summed E-state index contributed by atoms with van der Waals surface area (Å²) in [5, 5.41) is 4.98.